The third kappa shape index (κ3) is 4.07. The molecule has 3 atom stereocenters. The van der Waals surface area contributed by atoms with Crippen molar-refractivity contribution in [1.82, 2.24) is 0 Å². The normalized spacial score (nSPS) is 24.8. The molecule has 1 aliphatic rings. The van der Waals surface area contributed by atoms with Gasteiger partial charge in [0.2, 0.25) is 0 Å². The maximum Gasteiger partial charge on any atom is 0.417 e. The van der Waals surface area contributed by atoms with Crippen molar-refractivity contribution in [2.45, 2.75) is 45.4 Å². The summed E-state index contributed by atoms with van der Waals surface area (Å²) in [5.41, 5.74) is -0.250. The Morgan fingerprint density at radius 3 is 2.61 bits per heavy atom. The smallest absolute Gasteiger partial charge is 0.417 e. The number of hydrogen-bond acceptors (Lipinski definition) is 2. The van der Waals surface area contributed by atoms with E-state index in [9.17, 15) is 13.2 Å². The molecule has 1 aliphatic carbocycles. The molecule has 0 saturated heterocycles. The molecule has 1 saturated carbocycles. The van der Waals surface area contributed by atoms with Crippen LogP contribution in [-0.2, 0) is 6.18 Å². The zero-order chi connectivity index (χ0) is 17.2. The van der Waals surface area contributed by atoms with Crippen molar-refractivity contribution >= 4 is 0 Å². The molecule has 23 heavy (non-hydrogen) atoms. The molecule has 2 rings (SSSR count). The second-order valence-electron chi connectivity index (χ2n) is 6.31. The van der Waals surface area contributed by atoms with E-state index in [2.05, 4.69) is 6.58 Å². The molecule has 2 nitrogen and oxygen atoms in total. The van der Waals surface area contributed by atoms with Gasteiger partial charge in [-0.15, -0.1) is 0 Å². The lowest BCUT2D eigenvalue weighted by atomic mass is 9.78. The summed E-state index contributed by atoms with van der Waals surface area (Å²) in [4.78, 5) is 0. The molecule has 1 aromatic rings. The zero-order valence-corrected chi connectivity index (χ0v) is 13.3. The second-order valence-corrected chi connectivity index (χ2v) is 6.31. The topological polar surface area (TPSA) is 33.0 Å². The molecule has 1 fully saturated rings. The van der Waals surface area contributed by atoms with Crippen LogP contribution in [0, 0.1) is 23.2 Å². The van der Waals surface area contributed by atoms with E-state index in [0.29, 0.717) is 5.92 Å². The van der Waals surface area contributed by atoms with Crippen molar-refractivity contribution in [3.63, 3.8) is 0 Å². The average Bonchev–Trinajstić information content (AvgIpc) is 2.48. The molecule has 1 aromatic carbocycles. The molecule has 0 bridgehead atoms. The highest BCUT2D eigenvalue weighted by Gasteiger charge is 2.35. The third-order valence-corrected chi connectivity index (χ3v) is 4.52. The fourth-order valence-corrected chi connectivity index (χ4v) is 3.00. The molecule has 5 heteroatoms. The Balaban J connectivity index is 2.22. The highest BCUT2D eigenvalue weighted by Crippen LogP contribution is 2.37. The van der Waals surface area contributed by atoms with Crippen LogP contribution in [0.4, 0.5) is 13.2 Å². The summed E-state index contributed by atoms with van der Waals surface area (Å²) in [6, 6.07) is 5.11. The van der Waals surface area contributed by atoms with Crippen LogP contribution in [0.15, 0.2) is 30.4 Å². The monoisotopic (exact) mass is 323 g/mol. The predicted molar refractivity (Wildman–Crippen MR) is 81.9 cm³/mol. The van der Waals surface area contributed by atoms with Crippen molar-refractivity contribution in [2.24, 2.45) is 11.8 Å². The molecule has 0 radical (unpaired) electrons. The number of rotatable bonds is 3. The molecular weight excluding hydrogens is 303 g/mol. The molecule has 3 unspecified atom stereocenters. The number of ether oxygens (including phenoxy) is 1. The minimum atomic E-state index is -4.57. The zero-order valence-electron chi connectivity index (χ0n) is 13.3. The van der Waals surface area contributed by atoms with Gasteiger partial charge < -0.3 is 4.74 Å². The van der Waals surface area contributed by atoms with Gasteiger partial charge in [0.15, 0.2) is 0 Å². The van der Waals surface area contributed by atoms with Gasteiger partial charge in [0.05, 0.1) is 17.2 Å². The number of halogens is 3. The maximum atomic E-state index is 13.0. The van der Waals surface area contributed by atoms with Gasteiger partial charge in [-0.25, -0.2) is 0 Å². The molecule has 0 amide bonds. The summed E-state index contributed by atoms with van der Waals surface area (Å²) >= 11 is 0. The lowest BCUT2D eigenvalue weighted by Crippen LogP contribution is -2.33. The first-order valence-corrected chi connectivity index (χ1v) is 7.65. The summed E-state index contributed by atoms with van der Waals surface area (Å²) < 4.78 is 44.9. The number of nitrogens with zero attached hydrogens (tertiary/aromatic N) is 1. The fraction of sp³-hybridized carbons (Fsp3) is 0.500. The number of allylic oxidation sites excluding steroid dienone is 1. The molecular formula is C18H20F3NO. The van der Waals surface area contributed by atoms with Crippen LogP contribution in [0.5, 0.6) is 5.75 Å². The first kappa shape index (κ1) is 17.4. The Kier molecular flexibility index (Phi) is 5.03. The Labute approximate surface area is 134 Å². The van der Waals surface area contributed by atoms with Gasteiger partial charge in [0.1, 0.15) is 11.9 Å². The van der Waals surface area contributed by atoms with Gasteiger partial charge >= 0.3 is 6.18 Å². The largest absolute Gasteiger partial charge is 0.490 e. The van der Waals surface area contributed by atoms with E-state index in [1.54, 1.807) is 6.07 Å². The lowest BCUT2D eigenvalue weighted by Gasteiger charge is -2.35. The molecule has 0 heterocycles. The van der Waals surface area contributed by atoms with Crippen LogP contribution in [0.25, 0.3) is 0 Å². The van der Waals surface area contributed by atoms with Gasteiger partial charge in [-0.2, -0.15) is 18.4 Å². The molecule has 0 spiro atoms. The van der Waals surface area contributed by atoms with E-state index >= 15 is 0 Å². The van der Waals surface area contributed by atoms with Gasteiger partial charge in [0, 0.05) is 0 Å². The van der Waals surface area contributed by atoms with Crippen molar-refractivity contribution in [2.75, 3.05) is 0 Å². The minimum Gasteiger partial charge on any atom is -0.490 e. The summed E-state index contributed by atoms with van der Waals surface area (Å²) in [6.45, 7) is 8.00. The third-order valence-electron chi connectivity index (χ3n) is 4.52. The standard InChI is InChI=1S/C18H20F3NO/c1-11(2)13-5-4-12(3)17(8-13)23-15-7-6-14(10-22)16(9-15)18(19,20)21/h6-7,9,12-13,17H,1,4-5,8H2,2-3H3. The van der Waals surface area contributed by atoms with E-state index in [0.717, 1.165) is 30.9 Å². The summed E-state index contributed by atoms with van der Waals surface area (Å²) in [5, 5.41) is 8.83. The average molecular weight is 323 g/mol. The number of hydrogen-bond donors (Lipinski definition) is 0. The Morgan fingerprint density at radius 2 is 2.04 bits per heavy atom. The van der Waals surface area contributed by atoms with E-state index in [-0.39, 0.29) is 23.3 Å². The van der Waals surface area contributed by atoms with Crippen LogP contribution in [0.1, 0.15) is 44.2 Å². The number of benzene rings is 1. The van der Waals surface area contributed by atoms with Crippen molar-refractivity contribution in [3.05, 3.63) is 41.5 Å². The highest BCUT2D eigenvalue weighted by atomic mass is 19.4. The summed E-state index contributed by atoms with van der Waals surface area (Å²) in [6.07, 6.45) is -1.94. The van der Waals surface area contributed by atoms with Crippen LogP contribution in [0.2, 0.25) is 0 Å². The van der Waals surface area contributed by atoms with Crippen LogP contribution in [-0.4, -0.2) is 6.10 Å². The molecule has 0 aliphatic heterocycles. The van der Waals surface area contributed by atoms with Crippen LogP contribution >= 0.6 is 0 Å². The fourth-order valence-electron chi connectivity index (χ4n) is 3.00. The van der Waals surface area contributed by atoms with E-state index < -0.39 is 11.7 Å². The van der Waals surface area contributed by atoms with E-state index in [4.69, 9.17) is 10.00 Å². The first-order valence-electron chi connectivity index (χ1n) is 7.65. The second kappa shape index (κ2) is 6.66. The minimum absolute atomic E-state index is 0.139. The SMILES string of the molecule is C=C(C)C1CCC(C)C(Oc2ccc(C#N)c(C(F)(F)F)c2)C1. The molecule has 0 N–H and O–H groups in total. The van der Waals surface area contributed by atoms with Crippen molar-refractivity contribution in [1.29, 1.82) is 5.26 Å². The van der Waals surface area contributed by atoms with Gasteiger partial charge in [0.25, 0.3) is 0 Å². The quantitative estimate of drug-likeness (QED) is 0.704. The Hall–Kier alpha value is -1.96. The number of nitriles is 1. The van der Waals surface area contributed by atoms with Gasteiger partial charge in [-0.05, 0) is 56.2 Å². The Morgan fingerprint density at radius 1 is 1.35 bits per heavy atom. The Bertz CT molecular complexity index is 630. The molecule has 0 aromatic heterocycles. The summed E-state index contributed by atoms with van der Waals surface area (Å²) in [7, 11) is 0. The predicted octanol–water partition coefficient (Wildman–Crippen LogP) is 5.34. The van der Waals surface area contributed by atoms with Crippen molar-refractivity contribution in [3.8, 4) is 11.8 Å². The first-order chi connectivity index (χ1) is 10.7. The lowest BCUT2D eigenvalue weighted by molar-refractivity contribution is -0.137. The summed E-state index contributed by atoms with van der Waals surface area (Å²) in [5.74, 6) is 0.780. The van der Waals surface area contributed by atoms with Gasteiger partial charge in [-0.1, -0.05) is 19.1 Å². The van der Waals surface area contributed by atoms with E-state index in [1.807, 2.05) is 13.8 Å². The van der Waals surface area contributed by atoms with Crippen LogP contribution < -0.4 is 4.74 Å². The molecule has 124 valence electrons. The van der Waals surface area contributed by atoms with Gasteiger partial charge in [-0.3, -0.25) is 0 Å². The number of alkyl halides is 3. The van der Waals surface area contributed by atoms with Crippen molar-refractivity contribution < 1.29 is 17.9 Å². The maximum absolute atomic E-state index is 13.0. The van der Waals surface area contributed by atoms with Crippen LogP contribution in [0.3, 0.4) is 0 Å². The highest BCUT2D eigenvalue weighted by molar-refractivity contribution is 5.44. The van der Waals surface area contributed by atoms with E-state index in [1.165, 1.54) is 12.1 Å².